The van der Waals surface area contributed by atoms with Crippen LogP contribution in [0.4, 0.5) is 0 Å². The predicted molar refractivity (Wildman–Crippen MR) is 123 cm³/mol. The lowest BCUT2D eigenvalue weighted by Gasteiger charge is -2.34. The SMILES string of the molecule is COc1ccc(-c2noc(CN(C(=O)c3c(OC)cccc3OC)C3CCCCC3)n2)cc1. The molecule has 0 spiro atoms. The van der Waals surface area contributed by atoms with Gasteiger partial charge in [0.05, 0.1) is 21.3 Å². The molecule has 1 aliphatic carbocycles. The van der Waals surface area contributed by atoms with Gasteiger partial charge in [0.25, 0.3) is 5.91 Å². The Morgan fingerprint density at radius 1 is 0.970 bits per heavy atom. The molecule has 2 aromatic carbocycles. The molecule has 33 heavy (non-hydrogen) atoms. The normalized spacial score (nSPS) is 14.0. The molecule has 8 heteroatoms. The van der Waals surface area contributed by atoms with Gasteiger partial charge in [-0.3, -0.25) is 4.79 Å². The fraction of sp³-hybridized carbons (Fsp3) is 0.400. The monoisotopic (exact) mass is 451 g/mol. The summed E-state index contributed by atoms with van der Waals surface area (Å²) in [6.45, 7) is 0.216. The Hall–Kier alpha value is -3.55. The highest BCUT2D eigenvalue weighted by Gasteiger charge is 2.31. The molecule has 1 heterocycles. The van der Waals surface area contributed by atoms with Crippen LogP contribution < -0.4 is 14.2 Å². The Bertz CT molecular complexity index is 1050. The smallest absolute Gasteiger partial charge is 0.262 e. The Balaban J connectivity index is 1.64. The zero-order valence-corrected chi connectivity index (χ0v) is 19.2. The molecule has 0 aliphatic heterocycles. The van der Waals surface area contributed by atoms with Crippen molar-refractivity contribution in [3.05, 3.63) is 53.9 Å². The first-order valence-corrected chi connectivity index (χ1v) is 11.1. The van der Waals surface area contributed by atoms with Gasteiger partial charge in [-0.15, -0.1) is 0 Å². The maximum atomic E-state index is 13.8. The average molecular weight is 452 g/mol. The summed E-state index contributed by atoms with van der Waals surface area (Å²) in [6, 6.07) is 12.9. The van der Waals surface area contributed by atoms with Crippen LogP contribution in [0, 0.1) is 0 Å². The maximum absolute atomic E-state index is 13.8. The van der Waals surface area contributed by atoms with Gasteiger partial charge in [-0.05, 0) is 49.2 Å². The second-order valence-corrected chi connectivity index (χ2v) is 8.00. The lowest BCUT2D eigenvalue weighted by atomic mass is 9.93. The molecular weight excluding hydrogens is 422 g/mol. The summed E-state index contributed by atoms with van der Waals surface area (Å²) < 4.78 is 21.7. The molecule has 1 aliphatic rings. The zero-order valence-electron chi connectivity index (χ0n) is 19.2. The molecule has 8 nitrogen and oxygen atoms in total. The minimum atomic E-state index is -0.166. The van der Waals surface area contributed by atoms with Crippen molar-refractivity contribution >= 4 is 5.91 Å². The predicted octanol–water partition coefficient (Wildman–Crippen LogP) is 4.74. The van der Waals surface area contributed by atoms with Gasteiger partial charge in [0, 0.05) is 11.6 Å². The Morgan fingerprint density at radius 2 is 1.64 bits per heavy atom. The van der Waals surface area contributed by atoms with Crippen molar-refractivity contribution in [2.45, 2.75) is 44.7 Å². The molecule has 1 fully saturated rings. The first-order valence-electron chi connectivity index (χ1n) is 11.1. The maximum Gasteiger partial charge on any atom is 0.262 e. The van der Waals surface area contributed by atoms with Crippen molar-refractivity contribution in [3.63, 3.8) is 0 Å². The standard InChI is InChI=1S/C25H29N3O5/c1-30-19-14-12-17(13-15-19)24-26-22(33-27-24)16-28(18-8-5-4-6-9-18)25(29)23-20(31-2)10-7-11-21(23)32-3/h7,10-15,18H,4-6,8-9,16H2,1-3H3. The summed E-state index contributed by atoms with van der Waals surface area (Å²) in [5.41, 5.74) is 1.22. The third kappa shape index (κ3) is 4.94. The van der Waals surface area contributed by atoms with Gasteiger partial charge >= 0.3 is 0 Å². The van der Waals surface area contributed by atoms with Gasteiger partial charge < -0.3 is 23.6 Å². The first kappa shape index (κ1) is 22.6. The number of amides is 1. The van der Waals surface area contributed by atoms with Gasteiger partial charge in [-0.1, -0.05) is 30.5 Å². The number of methoxy groups -OCH3 is 3. The van der Waals surface area contributed by atoms with E-state index in [1.165, 1.54) is 6.42 Å². The second-order valence-electron chi connectivity index (χ2n) is 8.00. The zero-order chi connectivity index (χ0) is 23.2. The number of ether oxygens (including phenoxy) is 3. The molecule has 0 N–H and O–H groups in total. The Labute approximate surface area is 193 Å². The van der Waals surface area contributed by atoms with E-state index < -0.39 is 0 Å². The number of aromatic nitrogens is 2. The third-order valence-corrected chi connectivity index (χ3v) is 6.04. The van der Waals surface area contributed by atoms with E-state index in [2.05, 4.69) is 10.1 Å². The molecule has 1 aromatic heterocycles. The minimum Gasteiger partial charge on any atom is -0.497 e. The lowest BCUT2D eigenvalue weighted by molar-refractivity contribution is 0.0579. The second kappa shape index (κ2) is 10.4. The van der Waals surface area contributed by atoms with Crippen LogP contribution in [0.25, 0.3) is 11.4 Å². The molecule has 0 atom stereocenters. The number of nitrogens with zero attached hydrogens (tertiary/aromatic N) is 3. The highest BCUT2D eigenvalue weighted by molar-refractivity contribution is 6.00. The highest BCUT2D eigenvalue weighted by atomic mass is 16.5. The van der Waals surface area contributed by atoms with Crippen molar-refractivity contribution in [3.8, 4) is 28.6 Å². The number of carbonyl (C=O) groups is 1. The lowest BCUT2D eigenvalue weighted by Crippen LogP contribution is -2.41. The third-order valence-electron chi connectivity index (χ3n) is 6.04. The summed E-state index contributed by atoms with van der Waals surface area (Å²) in [7, 11) is 4.72. The van der Waals surface area contributed by atoms with E-state index in [1.807, 2.05) is 29.2 Å². The summed E-state index contributed by atoms with van der Waals surface area (Å²) in [5, 5.41) is 4.13. The summed E-state index contributed by atoms with van der Waals surface area (Å²) in [5.74, 6) is 2.39. The number of carbonyl (C=O) groups excluding carboxylic acids is 1. The number of hydrogen-bond acceptors (Lipinski definition) is 7. The summed E-state index contributed by atoms with van der Waals surface area (Å²) in [4.78, 5) is 20.2. The van der Waals surface area contributed by atoms with Gasteiger partial charge in [0.1, 0.15) is 29.4 Å². The topological polar surface area (TPSA) is 86.9 Å². The van der Waals surface area contributed by atoms with E-state index in [0.717, 1.165) is 37.0 Å². The van der Waals surface area contributed by atoms with Crippen LogP contribution in [0.15, 0.2) is 47.0 Å². The van der Waals surface area contributed by atoms with E-state index in [1.54, 1.807) is 39.5 Å². The Morgan fingerprint density at radius 3 is 2.24 bits per heavy atom. The van der Waals surface area contributed by atoms with Gasteiger partial charge in [-0.25, -0.2) is 0 Å². The number of rotatable bonds is 8. The molecule has 0 bridgehead atoms. The van der Waals surface area contributed by atoms with Crippen LogP contribution in [0.3, 0.4) is 0 Å². The van der Waals surface area contributed by atoms with Crippen LogP contribution in [-0.4, -0.2) is 48.3 Å². The van der Waals surface area contributed by atoms with Crippen molar-refractivity contribution in [2.24, 2.45) is 0 Å². The fourth-order valence-corrected chi connectivity index (χ4v) is 4.29. The quantitative estimate of drug-likeness (QED) is 0.489. The number of hydrogen-bond donors (Lipinski definition) is 0. The molecular formula is C25H29N3O5. The average Bonchev–Trinajstić information content (AvgIpc) is 3.35. The first-order chi connectivity index (χ1) is 16.1. The van der Waals surface area contributed by atoms with Crippen LogP contribution in [0.5, 0.6) is 17.2 Å². The molecule has 1 amide bonds. The molecule has 0 saturated heterocycles. The Kier molecular flexibility index (Phi) is 7.12. The molecule has 1 saturated carbocycles. The summed E-state index contributed by atoms with van der Waals surface area (Å²) in [6.07, 6.45) is 5.21. The van der Waals surface area contributed by atoms with Crippen LogP contribution >= 0.6 is 0 Å². The van der Waals surface area contributed by atoms with Crippen molar-refractivity contribution in [1.29, 1.82) is 0 Å². The van der Waals surface area contributed by atoms with E-state index in [9.17, 15) is 4.79 Å². The van der Waals surface area contributed by atoms with E-state index in [-0.39, 0.29) is 18.5 Å². The van der Waals surface area contributed by atoms with Crippen LogP contribution in [0.1, 0.15) is 48.4 Å². The van der Waals surface area contributed by atoms with E-state index >= 15 is 0 Å². The van der Waals surface area contributed by atoms with Crippen molar-refractivity contribution in [1.82, 2.24) is 15.0 Å². The molecule has 174 valence electrons. The molecule has 3 aromatic rings. The fourth-order valence-electron chi connectivity index (χ4n) is 4.29. The van der Waals surface area contributed by atoms with Crippen molar-refractivity contribution < 1.29 is 23.5 Å². The highest BCUT2D eigenvalue weighted by Crippen LogP contribution is 2.33. The molecule has 4 rings (SSSR count). The van der Waals surface area contributed by atoms with Crippen LogP contribution in [0.2, 0.25) is 0 Å². The van der Waals surface area contributed by atoms with Gasteiger partial charge in [-0.2, -0.15) is 4.98 Å². The van der Waals surface area contributed by atoms with E-state index in [0.29, 0.717) is 28.8 Å². The largest absolute Gasteiger partial charge is 0.497 e. The number of benzene rings is 2. The minimum absolute atomic E-state index is 0.0807. The van der Waals surface area contributed by atoms with Gasteiger partial charge in [0.15, 0.2) is 0 Å². The molecule has 0 unspecified atom stereocenters. The van der Waals surface area contributed by atoms with Crippen molar-refractivity contribution in [2.75, 3.05) is 21.3 Å². The summed E-state index contributed by atoms with van der Waals surface area (Å²) >= 11 is 0. The van der Waals surface area contributed by atoms with Crippen LogP contribution in [-0.2, 0) is 6.54 Å². The van der Waals surface area contributed by atoms with Gasteiger partial charge in [0.2, 0.25) is 11.7 Å². The van der Waals surface area contributed by atoms with E-state index in [4.69, 9.17) is 18.7 Å². The molecule has 0 radical (unpaired) electrons.